The summed E-state index contributed by atoms with van der Waals surface area (Å²) in [6.07, 6.45) is 2.33. The van der Waals surface area contributed by atoms with Crippen molar-refractivity contribution in [2.45, 2.75) is 56.8 Å². The molecule has 10 aromatic rings. The van der Waals surface area contributed by atoms with Crippen molar-refractivity contribution >= 4 is 39.0 Å². The van der Waals surface area contributed by atoms with Crippen LogP contribution in [-0.4, -0.2) is 0 Å². The highest BCUT2D eigenvalue weighted by molar-refractivity contribution is 6.07. The fourth-order valence-electron chi connectivity index (χ4n) is 12.0. The summed E-state index contributed by atoms with van der Waals surface area (Å²) in [4.78, 5) is 2.50. The van der Waals surface area contributed by atoms with Crippen molar-refractivity contribution in [2.75, 3.05) is 4.90 Å². The van der Waals surface area contributed by atoms with Gasteiger partial charge in [-0.05, 0) is 138 Å². The van der Waals surface area contributed by atoms with Crippen molar-refractivity contribution < 1.29 is 4.42 Å². The number of furan rings is 1. The van der Waals surface area contributed by atoms with E-state index in [0.29, 0.717) is 0 Å². The van der Waals surface area contributed by atoms with Crippen LogP contribution in [0.15, 0.2) is 205 Å². The van der Waals surface area contributed by atoms with Gasteiger partial charge in [0.1, 0.15) is 11.2 Å². The van der Waals surface area contributed by atoms with Crippen LogP contribution in [0.25, 0.3) is 66.4 Å². The standard InChI is InChI=1S/C63H49NO/c1-61(2)34-35-62(3,4)57-36-42(28-33-55(57)61)50-38-51-47-20-10-14-24-54(47)63(52-22-12-8-18-45(52)46-19-9-13-23-53(46)63)56(51)39-58(50)64(43-29-26-41(27-30-43)40-16-6-5-7-17-40)44-31-32-49-48-21-11-15-25-59(48)65-60(49)37-44/h5-33,36-39H,34-35H2,1-4H3. The molecule has 1 spiro atoms. The normalized spacial score (nSPS) is 15.6. The second kappa shape index (κ2) is 13.8. The lowest BCUT2D eigenvalue weighted by Gasteiger charge is -2.42. The smallest absolute Gasteiger partial charge is 0.137 e. The van der Waals surface area contributed by atoms with Crippen LogP contribution >= 0.6 is 0 Å². The van der Waals surface area contributed by atoms with Crippen LogP contribution in [0.5, 0.6) is 0 Å². The lowest BCUT2D eigenvalue weighted by atomic mass is 9.63. The van der Waals surface area contributed by atoms with E-state index in [9.17, 15) is 0 Å². The third kappa shape index (κ3) is 5.47. The largest absolute Gasteiger partial charge is 0.456 e. The van der Waals surface area contributed by atoms with Crippen molar-refractivity contribution in [1.82, 2.24) is 0 Å². The highest BCUT2D eigenvalue weighted by atomic mass is 16.3. The molecule has 0 N–H and O–H groups in total. The third-order valence-corrected chi connectivity index (χ3v) is 15.4. The zero-order valence-corrected chi connectivity index (χ0v) is 37.3. The lowest BCUT2D eigenvalue weighted by Crippen LogP contribution is -2.33. The van der Waals surface area contributed by atoms with Crippen molar-refractivity contribution in [3.05, 3.63) is 234 Å². The maximum atomic E-state index is 6.66. The molecular weight excluding hydrogens is 787 g/mol. The maximum absolute atomic E-state index is 6.66. The van der Waals surface area contributed by atoms with Gasteiger partial charge in [0, 0.05) is 33.8 Å². The van der Waals surface area contributed by atoms with E-state index in [1.165, 1.54) is 84.3 Å². The van der Waals surface area contributed by atoms with Gasteiger partial charge in [-0.2, -0.15) is 0 Å². The zero-order valence-electron chi connectivity index (χ0n) is 37.3. The Bertz CT molecular complexity index is 3500. The predicted octanol–water partition coefficient (Wildman–Crippen LogP) is 17.1. The first-order valence-corrected chi connectivity index (χ1v) is 23.2. The molecule has 13 rings (SSSR count). The summed E-state index contributed by atoms with van der Waals surface area (Å²) in [6, 6.07) is 74.9. The number of fused-ring (bicyclic) bond motifs is 14. The number of nitrogens with zero attached hydrogens (tertiary/aromatic N) is 1. The summed E-state index contributed by atoms with van der Waals surface area (Å²) >= 11 is 0. The molecule has 0 aliphatic heterocycles. The summed E-state index contributed by atoms with van der Waals surface area (Å²) in [5.74, 6) is 0. The number of hydrogen-bond acceptors (Lipinski definition) is 2. The molecule has 0 fully saturated rings. The summed E-state index contributed by atoms with van der Waals surface area (Å²) < 4.78 is 6.66. The highest BCUT2D eigenvalue weighted by Gasteiger charge is 2.52. The number of hydrogen-bond donors (Lipinski definition) is 0. The molecular formula is C63H49NO. The molecule has 3 aliphatic rings. The van der Waals surface area contributed by atoms with E-state index in [0.717, 1.165) is 45.4 Å². The minimum Gasteiger partial charge on any atom is -0.456 e. The average Bonchev–Trinajstić information content (AvgIpc) is 3.97. The van der Waals surface area contributed by atoms with Crippen molar-refractivity contribution in [3.8, 4) is 44.5 Å². The molecule has 0 amide bonds. The van der Waals surface area contributed by atoms with Crippen molar-refractivity contribution in [1.29, 1.82) is 0 Å². The predicted molar refractivity (Wildman–Crippen MR) is 271 cm³/mol. The van der Waals surface area contributed by atoms with E-state index in [2.05, 4.69) is 233 Å². The molecule has 1 heterocycles. The van der Waals surface area contributed by atoms with Gasteiger partial charge in [-0.25, -0.2) is 0 Å². The number of anilines is 3. The third-order valence-electron chi connectivity index (χ3n) is 15.4. The molecule has 0 radical (unpaired) electrons. The summed E-state index contributed by atoms with van der Waals surface area (Å²) in [5.41, 5.74) is 22.9. The second-order valence-corrected chi connectivity index (χ2v) is 19.9. The van der Waals surface area contributed by atoms with Crippen LogP contribution in [-0.2, 0) is 16.2 Å². The monoisotopic (exact) mass is 835 g/mol. The molecule has 1 aromatic heterocycles. The van der Waals surface area contributed by atoms with E-state index in [1.54, 1.807) is 0 Å². The molecule has 0 saturated carbocycles. The Morgan fingerprint density at radius 2 is 0.892 bits per heavy atom. The van der Waals surface area contributed by atoms with Gasteiger partial charge >= 0.3 is 0 Å². The lowest BCUT2D eigenvalue weighted by molar-refractivity contribution is 0.332. The summed E-state index contributed by atoms with van der Waals surface area (Å²) in [5, 5.41) is 2.25. The Morgan fingerprint density at radius 1 is 0.354 bits per heavy atom. The number of rotatable bonds is 5. The zero-order chi connectivity index (χ0) is 43.7. The molecule has 3 aliphatic carbocycles. The molecule has 0 saturated heterocycles. The van der Waals surface area contributed by atoms with Gasteiger partial charge in [-0.3, -0.25) is 0 Å². The Labute approximate surface area is 381 Å². The summed E-state index contributed by atoms with van der Waals surface area (Å²) in [6.45, 7) is 9.72. The van der Waals surface area contributed by atoms with E-state index in [-0.39, 0.29) is 10.8 Å². The first-order chi connectivity index (χ1) is 31.7. The van der Waals surface area contributed by atoms with Gasteiger partial charge in [0.15, 0.2) is 0 Å². The first kappa shape index (κ1) is 38.1. The van der Waals surface area contributed by atoms with Crippen LogP contribution in [0.3, 0.4) is 0 Å². The van der Waals surface area contributed by atoms with Gasteiger partial charge in [0.2, 0.25) is 0 Å². The second-order valence-electron chi connectivity index (χ2n) is 19.9. The Morgan fingerprint density at radius 3 is 1.58 bits per heavy atom. The van der Waals surface area contributed by atoms with E-state index < -0.39 is 5.41 Å². The quantitative estimate of drug-likeness (QED) is 0.172. The van der Waals surface area contributed by atoms with Gasteiger partial charge in [0.05, 0.1) is 11.1 Å². The minimum absolute atomic E-state index is 0.0466. The fourth-order valence-corrected chi connectivity index (χ4v) is 12.0. The maximum Gasteiger partial charge on any atom is 0.137 e. The Hall–Kier alpha value is -7.42. The Balaban J connectivity index is 1.14. The van der Waals surface area contributed by atoms with Crippen LogP contribution in [0.1, 0.15) is 73.9 Å². The molecule has 0 bridgehead atoms. The highest BCUT2D eigenvalue weighted by Crippen LogP contribution is 2.64. The van der Waals surface area contributed by atoms with Gasteiger partial charge in [-0.15, -0.1) is 0 Å². The molecule has 2 nitrogen and oxygen atoms in total. The summed E-state index contributed by atoms with van der Waals surface area (Å²) in [7, 11) is 0. The first-order valence-electron chi connectivity index (χ1n) is 23.2. The SMILES string of the molecule is CC1(C)CCC(C)(C)c2cc(-c3cc4c(cc3N(c3ccc(-c5ccccc5)cc3)c3ccc5c(c3)oc3ccccc35)C3(c5ccccc5-c5ccccc53)c3ccccc3-4)ccc21. The van der Waals surface area contributed by atoms with E-state index in [4.69, 9.17) is 4.42 Å². The van der Waals surface area contributed by atoms with Gasteiger partial charge in [0.25, 0.3) is 0 Å². The van der Waals surface area contributed by atoms with E-state index in [1.807, 2.05) is 0 Å². The van der Waals surface area contributed by atoms with Crippen molar-refractivity contribution in [3.63, 3.8) is 0 Å². The molecule has 0 atom stereocenters. The van der Waals surface area contributed by atoms with Gasteiger partial charge < -0.3 is 9.32 Å². The fraction of sp³-hybridized carbons (Fsp3) is 0.143. The topological polar surface area (TPSA) is 16.4 Å². The van der Waals surface area contributed by atoms with Crippen LogP contribution in [0.2, 0.25) is 0 Å². The Kier molecular flexibility index (Phi) is 8.08. The average molecular weight is 836 g/mol. The number of para-hydroxylation sites is 1. The number of benzene rings is 9. The minimum atomic E-state index is -0.500. The molecule has 2 heteroatoms. The molecule has 0 unspecified atom stereocenters. The van der Waals surface area contributed by atoms with Crippen LogP contribution in [0, 0.1) is 0 Å². The molecule has 9 aromatic carbocycles. The van der Waals surface area contributed by atoms with Gasteiger partial charge in [-0.1, -0.05) is 179 Å². The van der Waals surface area contributed by atoms with Crippen molar-refractivity contribution in [2.24, 2.45) is 0 Å². The van der Waals surface area contributed by atoms with E-state index >= 15 is 0 Å². The van der Waals surface area contributed by atoms with Crippen LogP contribution in [0.4, 0.5) is 17.1 Å². The molecule has 312 valence electrons. The molecule has 65 heavy (non-hydrogen) atoms. The van der Waals surface area contributed by atoms with Crippen LogP contribution < -0.4 is 4.90 Å².